The Morgan fingerprint density at radius 1 is 1.24 bits per heavy atom. The average molecular weight is 267 g/mol. The van der Waals surface area contributed by atoms with E-state index in [2.05, 4.69) is 23.8 Å². The molecule has 17 heavy (non-hydrogen) atoms. The Morgan fingerprint density at radius 3 is 2.53 bits per heavy atom. The molecule has 90 valence electrons. The van der Waals surface area contributed by atoms with E-state index in [1.807, 2.05) is 25.1 Å². The number of nitrogens with two attached hydrogens (primary N) is 1. The van der Waals surface area contributed by atoms with Crippen molar-refractivity contribution in [2.45, 2.75) is 19.9 Å². The molecule has 0 amide bonds. The van der Waals surface area contributed by atoms with Crippen molar-refractivity contribution in [3.05, 3.63) is 56.2 Å². The summed E-state index contributed by atoms with van der Waals surface area (Å²) >= 11 is 7.99. The smallest absolute Gasteiger partial charge is 0.0735 e. The van der Waals surface area contributed by atoms with Crippen molar-refractivity contribution >= 4 is 22.9 Å². The Morgan fingerprint density at radius 2 is 2.00 bits per heavy atom. The summed E-state index contributed by atoms with van der Waals surface area (Å²) in [5.74, 6) is 5.67. The van der Waals surface area contributed by atoms with Gasteiger partial charge < -0.3 is 0 Å². The first-order valence-electron chi connectivity index (χ1n) is 5.39. The Labute approximate surface area is 110 Å². The van der Waals surface area contributed by atoms with E-state index in [1.54, 1.807) is 11.3 Å². The second-order valence-corrected chi connectivity index (χ2v) is 5.58. The van der Waals surface area contributed by atoms with Crippen LogP contribution in [0.3, 0.4) is 0 Å². The Hall–Kier alpha value is -0.870. The van der Waals surface area contributed by atoms with E-state index in [1.165, 1.54) is 10.4 Å². The summed E-state index contributed by atoms with van der Waals surface area (Å²) in [5.41, 5.74) is 6.19. The quantitative estimate of drug-likeness (QED) is 0.658. The lowest BCUT2D eigenvalue weighted by molar-refractivity contribution is 0.636. The van der Waals surface area contributed by atoms with Gasteiger partial charge in [0.15, 0.2) is 0 Å². The topological polar surface area (TPSA) is 38.0 Å². The Kier molecular flexibility index (Phi) is 3.84. The molecule has 0 saturated carbocycles. The minimum atomic E-state index is -0.0469. The molecule has 0 spiro atoms. The van der Waals surface area contributed by atoms with Crippen LogP contribution in [-0.2, 0) is 0 Å². The molecule has 2 aromatic rings. The first-order chi connectivity index (χ1) is 8.13. The monoisotopic (exact) mass is 266 g/mol. The van der Waals surface area contributed by atoms with Gasteiger partial charge in [0, 0.05) is 9.90 Å². The third-order valence-electron chi connectivity index (χ3n) is 2.84. The van der Waals surface area contributed by atoms with Crippen molar-refractivity contribution in [1.29, 1.82) is 0 Å². The average Bonchev–Trinajstić information content (AvgIpc) is 2.69. The van der Waals surface area contributed by atoms with Gasteiger partial charge in [0.2, 0.25) is 0 Å². The molecular formula is C13H15ClN2S. The molecule has 1 unspecified atom stereocenters. The minimum Gasteiger partial charge on any atom is -0.271 e. The van der Waals surface area contributed by atoms with Gasteiger partial charge in [-0.25, -0.2) is 5.43 Å². The van der Waals surface area contributed by atoms with Crippen molar-refractivity contribution in [3.63, 3.8) is 0 Å². The molecule has 0 bridgehead atoms. The van der Waals surface area contributed by atoms with E-state index in [4.69, 9.17) is 17.4 Å². The number of hydrogen-bond donors (Lipinski definition) is 2. The van der Waals surface area contributed by atoms with Gasteiger partial charge in [0.05, 0.1) is 6.04 Å². The summed E-state index contributed by atoms with van der Waals surface area (Å²) in [6.07, 6.45) is 0. The maximum Gasteiger partial charge on any atom is 0.0735 e. The molecule has 0 aliphatic heterocycles. The van der Waals surface area contributed by atoms with Crippen molar-refractivity contribution in [2.75, 3.05) is 0 Å². The predicted octanol–water partition coefficient (Wildman–Crippen LogP) is 3.57. The van der Waals surface area contributed by atoms with Gasteiger partial charge in [-0.15, -0.1) is 11.3 Å². The number of halogens is 1. The van der Waals surface area contributed by atoms with Crippen LogP contribution in [0.25, 0.3) is 0 Å². The molecule has 0 fully saturated rings. The molecule has 0 aliphatic carbocycles. The van der Waals surface area contributed by atoms with E-state index in [-0.39, 0.29) is 6.04 Å². The number of hydrazine groups is 1. The zero-order valence-corrected chi connectivity index (χ0v) is 11.4. The molecule has 1 aromatic heterocycles. The lowest BCUT2D eigenvalue weighted by Crippen LogP contribution is -2.29. The maximum absolute atomic E-state index is 6.28. The maximum atomic E-state index is 6.28. The fourth-order valence-corrected chi connectivity index (χ4v) is 2.99. The molecule has 2 rings (SSSR count). The molecule has 3 N–H and O–H groups in total. The second kappa shape index (κ2) is 5.19. The molecule has 0 radical (unpaired) electrons. The molecule has 1 atom stereocenters. The van der Waals surface area contributed by atoms with Crippen LogP contribution in [0.1, 0.15) is 27.6 Å². The summed E-state index contributed by atoms with van der Waals surface area (Å²) in [4.78, 5) is 1.25. The largest absolute Gasteiger partial charge is 0.271 e. The summed E-state index contributed by atoms with van der Waals surface area (Å²) < 4.78 is 0. The minimum absolute atomic E-state index is 0.0469. The van der Waals surface area contributed by atoms with E-state index >= 15 is 0 Å². The fourth-order valence-electron chi connectivity index (χ4n) is 1.91. The first kappa shape index (κ1) is 12.6. The first-order valence-corrected chi connectivity index (χ1v) is 6.65. The fraction of sp³-hybridized carbons (Fsp3) is 0.231. The van der Waals surface area contributed by atoms with Gasteiger partial charge >= 0.3 is 0 Å². The number of hydrogen-bond acceptors (Lipinski definition) is 3. The van der Waals surface area contributed by atoms with Gasteiger partial charge in [0.1, 0.15) is 0 Å². The molecule has 1 aromatic carbocycles. The highest BCUT2D eigenvalue weighted by molar-refractivity contribution is 7.10. The predicted molar refractivity (Wildman–Crippen MR) is 74.4 cm³/mol. The number of benzene rings is 1. The van der Waals surface area contributed by atoms with Gasteiger partial charge in [-0.1, -0.05) is 23.7 Å². The summed E-state index contributed by atoms with van der Waals surface area (Å²) in [7, 11) is 0. The van der Waals surface area contributed by atoms with Crippen molar-refractivity contribution < 1.29 is 0 Å². The zero-order valence-electron chi connectivity index (χ0n) is 9.83. The van der Waals surface area contributed by atoms with Crippen LogP contribution in [0.15, 0.2) is 29.6 Å². The highest BCUT2D eigenvalue weighted by atomic mass is 35.5. The van der Waals surface area contributed by atoms with Crippen LogP contribution in [-0.4, -0.2) is 0 Å². The lowest BCUT2D eigenvalue weighted by atomic mass is 9.99. The van der Waals surface area contributed by atoms with Gasteiger partial charge in [-0.05, 0) is 48.1 Å². The van der Waals surface area contributed by atoms with E-state index in [0.29, 0.717) is 0 Å². The molecule has 0 aliphatic rings. The van der Waals surface area contributed by atoms with Gasteiger partial charge in [0.25, 0.3) is 0 Å². The molecule has 1 heterocycles. The van der Waals surface area contributed by atoms with E-state index in [0.717, 1.165) is 16.1 Å². The van der Waals surface area contributed by atoms with Crippen LogP contribution in [0.4, 0.5) is 0 Å². The highest BCUT2D eigenvalue weighted by Crippen LogP contribution is 2.32. The van der Waals surface area contributed by atoms with Crippen molar-refractivity contribution in [1.82, 2.24) is 5.43 Å². The summed E-state index contributed by atoms with van der Waals surface area (Å²) in [6, 6.07) is 8.07. The number of rotatable bonds is 3. The van der Waals surface area contributed by atoms with Crippen molar-refractivity contribution in [2.24, 2.45) is 5.84 Å². The summed E-state index contributed by atoms with van der Waals surface area (Å²) in [5, 5.41) is 2.82. The number of nitrogens with one attached hydrogen (secondary N) is 1. The third-order valence-corrected chi connectivity index (χ3v) is 4.03. The van der Waals surface area contributed by atoms with E-state index in [9.17, 15) is 0 Å². The standard InChI is InChI=1S/C13H15ClN2S/c1-8-3-4-11(12(14)7-8)13(16-15)10-5-6-17-9(10)2/h3-7,13,16H,15H2,1-2H3. The Balaban J connectivity index is 2.46. The molecule has 0 saturated heterocycles. The van der Waals surface area contributed by atoms with Crippen LogP contribution in [0, 0.1) is 13.8 Å². The van der Waals surface area contributed by atoms with Gasteiger partial charge in [-0.2, -0.15) is 0 Å². The molecule has 4 heteroatoms. The van der Waals surface area contributed by atoms with Crippen LogP contribution in [0.2, 0.25) is 5.02 Å². The highest BCUT2D eigenvalue weighted by Gasteiger charge is 2.17. The number of thiophene rings is 1. The Bertz CT molecular complexity index is 522. The number of aryl methyl sites for hydroxylation is 2. The van der Waals surface area contributed by atoms with Crippen molar-refractivity contribution in [3.8, 4) is 0 Å². The third kappa shape index (κ3) is 2.53. The SMILES string of the molecule is Cc1ccc(C(NN)c2ccsc2C)c(Cl)c1. The zero-order chi connectivity index (χ0) is 12.4. The van der Waals surface area contributed by atoms with Gasteiger partial charge in [-0.3, -0.25) is 5.84 Å². The molecular weight excluding hydrogens is 252 g/mol. The normalized spacial score (nSPS) is 12.7. The van der Waals surface area contributed by atoms with Crippen LogP contribution in [0.5, 0.6) is 0 Å². The van der Waals surface area contributed by atoms with E-state index < -0.39 is 0 Å². The summed E-state index contributed by atoms with van der Waals surface area (Å²) in [6.45, 7) is 4.11. The second-order valence-electron chi connectivity index (χ2n) is 4.06. The van der Waals surface area contributed by atoms with Crippen LogP contribution >= 0.6 is 22.9 Å². The molecule has 2 nitrogen and oxygen atoms in total. The van der Waals surface area contributed by atoms with Crippen LogP contribution < -0.4 is 11.3 Å². The lowest BCUT2D eigenvalue weighted by Gasteiger charge is -2.18.